The van der Waals surface area contributed by atoms with Crippen molar-refractivity contribution in [2.45, 2.75) is 44.8 Å². The number of imidazole rings is 1. The van der Waals surface area contributed by atoms with Crippen molar-refractivity contribution in [3.05, 3.63) is 82.1 Å². The summed E-state index contributed by atoms with van der Waals surface area (Å²) in [5.41, 5.74) is 7.15. The summed E-state index contributed by atoms with van der Waals surface area (Å²) in [6.07, 6.45) is 2.02. The van der Waals surface area contributed by atoms with Crippen molar-refractivity contribution in [3.8, 4) is 11.4 Å². The van der Waals surface area contributed by atoms with E-state index in [0.29, 0.717) is 18.2 Å². The summed E-state index contributed by atoms with van der Waals surface area (Å²) in [4.78, 5) is 16.1. The number of nitrogens with zero attached hydrogens (tertiary/aromatic N) is 2. The molecule has 0 saturated carbocycles. The number of carboxylic acids is 1. The number of aliphatic carboxylic acids is 1. The molecule has 4 aromatic rings. The first kappa shape index (κ1) is 23.8. The van der Waals surface area contributed by atoms with Crippen molar-refractivity contribution < 1.29 is 19.4 Å². The van der Waals surface area contributed by atoms with E-state index in [0.717, 1.165) is 70.1 Å². The van der Waals surface area contributed by atoms with Gasteiger partial charge in [-0.25, -0.2) is 4.98 Å². The lowest BCUT2D eigenvalue weighted by Gasteiger charge is -2.18. The average Bonchev–Trinajstić information content (AvgIpc) is 3.62. The van der Waals surface area contributed by atoms with Gasteiger partial charge in [-0.3, -0.25) is 9.36 Å². The third-order valence-corrected chi connectivity index (χ3v) is 7.55. The number of hydrogen-bond donors (Lipinski definition) is 2. The second kappa shape index (κ2) is 9.72. The second-order valence-corrected chi connectivity index (χ2v) is 10.1. The Bertz CT molecular complexity index is 1490. The SMILES string of the molecule is Cc1c(CNc2ccc3c(c2)OC[C@H]3CC(=O)O)cccc1-n1c([C@H]2CCCO2)nc2cc(Cl)ccc21. The van der Waals surface area contributed by atoms with Crippen LogP contribution in [0, 0.1) is 6.92 Å². The Morgan fingerprint density at radius 1 is 1.22 bits per heavy atom. The zero-order valence-corrected chi connectivity index (χ0v) is 21.3. The number of fused-ring (bicyclic) bond motifs is 2. The minimum atomic E-state index is -0.810. The van der Waals surface area contributed by atoms with Gasteiger partial charge < -0.3 is 19.9 Å². The van der Waals surface area contributed by atoms with Gasteiger partial charge in [0.25, 0.3) is 0 Å². The smallest absolute Gasteiger partial charge is 0.304 e. The zero-order chi connectivity index (χ0) is 25.5. The fraction of sp³-hybridized carbons (Fsp3) is 0.310. The van der Waals surface area contributed by atoms with Gasteiger partial charge in [0, 0.05) is 41.4 Å². The number of rotatable bonds is 7. The van der Waals surface area contributed by atoms with Gasteiger partial charge in [-0.2, -0.15) is 0 Å². The average molecular weight is 518 g/mol. The summed E-state index contributed by atoms with van der Waals surface area (Å²) >= 11 is 6.28. The van der Waals surface area contributed by atoms with Gasteiger partial charge in [0.1, 0.15) is 17.7 Å². The second-order valence-electron chi connectivity index (χ2n) is 9.71. The summed E-state index contributed by atoms with van der Waals surface area (Å²) in [5, 5.41) is 13.3. The number of carbonyl (C=O) groups is 1. The quantitative estimate of drug-likeness (QED) is 0.295. The standard InChI is InChI=1S/C29H28ClN3O4/c1-17-18(15-31-21-8-9-22-19(12-28(34)35)16-37-27(22)14-21)4-2-5-24(17)33-25-10-7-20(30)13-23(25)32-29(33)26-6-3-11-36-26/h2,4-5,7-10,13-14,19,26,31H,3,6,11-12,15-16H2,1H3,(H,34,35)/t19-,26-/m1/s1. The summed E-state index contributed by atoms with van der Waals surface area (Å²) < 4.78 is 14.0. The molecule has 7 nitrogen and oxygen atoms in total. The molecule has 0 bridgehead atoms. The molecule has 2 aliphatic rings. The van der Waals surface area contributed by atoms with Gasteiger partial charge >= 0.3 is 5.97 Å². The molecular weight excluding hydrogens is 490 g/mol. The third-order valence-electron chi connectivity index (χ3n) is 7.32. The highest BCUT2D eigenvalue weighted by Crippen LogP contribution is 2.38. The molecule has 1 saturated heterocycles. The summed E-state index contributed by atoms with van der Waals surface area (Å²) in [7, 11) is 0. The maximum Gasteiger partial charge on any atom is 0.304 e. The van der Waals surface area contributed by atoms with Crippen LogP contribution in [0.15, 0.2) is 54.6 Å². The van der Waals surface area contributed by atoms with Crippen LogP contribution in [0.25, 0.3) is 16.7 Å². The van der Waals surface area contributed by atoms with Crippen molar-refractivity contribution in [3.63, 3.8) is 0 Å². The molecule has 8 heteroatoms. The maximum atomic E-state index is 11.1. The molecule has 0 spiro atoms. The van der Waals surface area contributed by atoms with Crippen molar-refractivity contribution in [2.24, 2.45) is 0 Å². The lowest BCUT2D eigenvalue weighted by Crippen LogP contribution is -2.10. The van der Waals surface area contributed by atoms with Gasteiger partial charge in [0.05, 0.1) is 29.7 Å². The molecule has 2 atom stereocenters. The van der Waals surface area contributed by atoms with Crippen LogP contribution >= 0.6 is 11.6 Å². The molecule has 0 radical (unpaired) electrons. The van der Waals surface area contributed by atoms with Gasteiger partial charge in [-0.15, -0.1) is 0 Å². The molecule has 0 amide bonds. The molecule has 1 fully saturated rings. The third kappa shape index (κ3) is 4.54. The van der Waals surface area contributed by atoms with Crippen LogP contribution in [0.2, 0.25) is 5.02 Å². The minimum Gasteiger partial charge on any atom is -0.493 e. The maximum absolute atomic E-state index is 11.1. The van der Waals surface area contributed by atoms with E-state index in [2.05, 4.69) is 35.0 Å². The van der Waals surface area contributed by atoms with Crippen LogP contribution in [0.3, 0.4) is 0 Å². The normalized spacial score (nSPS) is 18.6. The van der Waals surface area contributed by atoms with Crippen LogP contribution < -0.4 is 10.1 Å². The monoisotopic (exact) mass is 517 g/mol. The number of carboxylic acid groups (broad SMARTS) is 1. The number of benzene rings is 3. The van der Waals surface area contributed by atoms with E-state index < -0.39 is 5.97 Å². The fourth-order valence-electron chi connectivity index (χ4n) is 5.39. The number of hydrogen-bond acceptors (Lipinski definition) is 5. The van der Waals surface area contributed by atoms with Gasteiger partial charge in [0.2, 0.25) is 0 Å². The Kier molecular flexibility index (Phi) is 6.26. The Labute approximate surface area is 220 Å². The molecule has 0 unspecified atom stereocenters. The molecule has 190 valence electrons. The first-order valence-electron chi connectivity index (χ1n) is 12.6. The summed E-state index contributed by atoms with van der Waals surface area (Å²) in [6.45, 7) is 3.92. The lowest BCUT2D eigenvalue weighted by molar-refractivity contribution is -0.137. The fourth-order valence-corrected chi connectivity index (χ4v) is 5.56. The predicted octanol–water partition coefficient (Wildman–Crippen LogP) is 6.40. The number of anilines is 1. The topological polar surface area (TPSA) is 85.6 Å². The van der Waals surface area contributed by atoms with E-state index in [4.69, 9.17) is 31.2 Å². The number of halogens is 1. The summed E-state index contributed by atoms with van der Waals surface area (Å²) in [5.74, 6) is 0.759. The molecule has 3 heterocycles. The van der Waals surface area contributed by atoms with Gasteiger partial charge in [-0.05, 0) is 61.2 Å². The van der Waals surface area contributed by atoms with E-state index in [9.17, 15) is 4.79 Å². The molecule has 3 aromatic carbocycles. The van der Waals surface area contributed by atoms with Crippen LogP contribution in [-0.4, -0.2) is 33.8 Å². The van der Waals surface area contributed by atoms with Crippen LogP contribution in [0.4, 0.5) is 5.69 Å². The summed E-state index contributed by atoms with van der Waals surface area (Å²) in [6, 6.07) is 18.1. The lowest BCUT2D eigenvalue weighted by atomic mass is 9.98. The van der Waals surface area contributed by atoms with Gasteiger partial charge in [-0.1, -0.05) is 29.8 Å². The number of nitrogens with one attached hydrogen (secondary N) is 1. The molecule has 2 N–H and O–H groups in total. The highest BCUT2D eigenvalue weighted by molar-refractivity contribution is 6.31. The van der Waals surface area contributed by atoms with Crippen LogP contribution in [-0.2, 0) is 16.1 Å². The molecule has 1 aromatic heterocycles. The van der Waals surface area contributed by atoms with E-state index >= 15 is 0 Å². The molecule has 0 aliphatic carbocycles. The predicted molar refractivity (Wildman–Crippen MR) is 143 cm³/mol. The minimum absolute atomic E-state index is 0.0382. The van der Waals surface area contributed by atoms with E-state index in [-0.39, 0.29) is 18.4 Å². The Balaban J connectivity index is 1.30. The molecular formula is C29H28ClN3O4. The van der Waals surface area contributed by atoms with Crippen LogP contribution in [0.1, 0.15) is 53.8 Å². The van der Waals surface area contributed by atoms with Crippen LogP contribution in [0.5, 0.6) is 5.75 Å². The Morgan fingerprint density at radius 3 is 2.92 bits per heavy atom. The first-order chi connectivity index (χ1) is 18.0. The zero-order valence-electron chi connectivity index (χ0n) is 20.5. The number of aromatic nitrogens is 2. The van der Waals surface area contributed by atoms with E-state index in [1.807, 2.05) is 36.4 Å². The molecule has 6 rings (SSSR count). The van der Waals surface area contributed by atoms with Crippen molar-refractivity contribution in [1.29, 1.82) is 0 Å². The Morgan fingerprint density at radius 2 is 2.11 bits per heavy atom. The van der Waals surface area contributed by atoms with Gasteiger partial charge in [0.15, 0.2) is 0 Å². The van der Waals surface area contributed by atoms with Crippen molar-refractivity contribution in [1.82, 2.24) is 9.55 Å². The highest BCUT2D eigenvalue weighted by atomic mass is 35.5. The molecule has 2 aliphatic heterocycles. The van der Waals surface area contributed by atoms with E-state index in [1.165, 1.54) is 0 Å². The van der Waals surface area contributed by atoms with Crippen molar-refractivity contribution >= 4 is 34.3 Å². The largest absolute Gasteiger partial charge is 0.493 e. The first-order valence-corrected chi connectivity index (χ1v) is 13.0. The van der Waals surface area contributed by atoms with E-state index in [1.54, 1.807) is 0 Å². The number of ether oxygens (including phenoxy) is 2. The highest BCUT2D eigenvalue weighted by Gasteiger charge is 2.27. The molecule has 37 heavy (non-hydrogen) atoms. The van der Waals surface area contributed by atoms with Crippen molar-refractivity contribution in [2.75, 3.05) is 18.5 Å². The Hall–Kier alpha value is -3.55.